The summed E-state index contributed by atoms with van der Waals surface area (Å²) in [5, 5.41) is 10.2. The predicted octanol–water partition coefficient (Wildman–Crippen LogP) is 7.28. The molecule has 0 amide bonds. The third-order valence-electron chi connectivity index (χ3n) is 6.55. The number of methoxy groups -OCH3 is 1. The van der Waals surface area contributed by atoms with E-state index in [0.717, 1.165) is 6.07 Å². The maximum Gasteiger partial charge on any atom is 0.573 e. The van der Waals surface area contributed by atoms with Gasteiger partial charge in [-0.05, 0) is 61.0 Å². The van der Waals surface area contributed by atoms with E-state index in [9.17, 15) is 27.9 Å². The highest BCUT2D eigenvalue weighted by Crippen LogP contribution is 2.35. The number of nitrogens with zero attached hydrogens (tertiary/aromatic N) is 1. The average Bonchev–Trinajstić information content (AvgIpc) is 3.17. The van der Waals surface area contributed by atoms with E-state index in [0.29, 0.717) is 39.0 Å². The molecule has 1 N–H and O–H groups in total. The number of carbonyl (C=O) groups is 2. The molecule has 216 valence electrons. The van der Waals surface area contributed by atoms with Crippen LogP contribution in [0.4, 0.5) is 13.2 Å². The molecule has 1 atom stereocenters. The summed E-state index contributed by atoms with van der Waals surface area (Å²) in [6, 6.07) is 15.1. The lowest BCUT2D eigenvalue weighted by Crippen LogP contribution is -2.32. The zero-order chi connectivity index (χ0) is 30.1. The molecule has 3 aromatic carbocycles. The van der Waals surface area contributed by atoms with Gasteiger partial charge in [0.05, 0.1) is 23.2 Å². The summed E-state index contributed by atoms with van der Waals surface area (Å²) in [6.07, 6.45) is -6.05. The summed E-state index contributed by atoms with van der Waals surface area (Å²) in [7, 11) is 1.51. The third kappa shape index (κ3) is 6.59. The summed E-state index contributed by atoms with van der Waals surface area (Å²) in [4.78, 5) is 25.3. The van der Waals surface area contributed by atoms with E-state index >= 15 is 0 Å². The summed E-state index contributed by atoms with van der Waals surface area (Å²) in [5.74, 6) is -1.53. The van der Waals surface area contributed by atoms with Crippen LogP contribution in [0.2, 0.25) is 5.02 Å². The molecule has 0 bridgehead atoms. The number of alkyl halides is 3. The smallest absolute Gasteiger partial charge is 0.497 e. The van der Waals surface area contributed by atoms with Crippen LogP contribution < -0.4 is 14.2 Å². The molecule has 11 heteroatoms. The molecule has 7 nitrogen and oxygen atoms in total. The van der Waals surface area contributed by atoms with Crippen molar-refractivity contribution in [2.75, 3.05) is 7.11 Å². The first-order valence-electron chi connectivity index (χ1n) is 12.5. The second kappa shape index (κ2) is 11.7. The molecule has 0 saturated heterocycles. The van der Waals surface area contributed by atoms with Crippen molar-refractivity contribution in [1.29, 1.82) is 0 Å². The van der Waals surface area contributed by atoms with Crippen LogP contribution in [0.25, 0.3) is 10.9 Å². The van der Waals surface area contributed by atoms with Gasteiger partial charge in [-0.25, -0.2) is 4.79 Å². The van der Waals surface area contributed by atoms with Crippen molar-refractivity contribution in [1.82, 2.24) is 4.57 Å². The highest BCUT2D eigenvalue weighted by atomic mass is 35.5. The minimum Gasteiger partial charge on any atom is -0.497 e. The number of carboxylic acids is 1. The first kappa shape index (κ1) is 29.8. The standard InChI is InChI=1S/C30H27ClF3NO6/c1-16(2)28(29(37)38)40-25-13-18(5-12-23(25)31)15-35-17(3)26(27(36)19-6-8-20(39-4)9-7-19)22-11-10-21(14-24(22)35)41-30(32,33)34/h5-14,16,28H,15H2,1-4H3,(H,37,38). The Balaban J connectivity index is 1.82. The van der Waals surface area contributed by atoms with Crippen LogP contribution in [-0.2, 0) is 11.3 Å². The van der Waals surface area contributed by atoms with Crippen LogP contribution in [-0.4, -0.2) is 41.0 Å². The van der Waals surface area contributed by atoms with E-state index in [1.807, 2.05) is 0 Å². The topological polar surface area (TPSA) is 87.0 Å². The Labute approximate surface area is 239 Å². The number of ketones is 1. The van der Waals surface area contributed by atoms with Gasteiger partial charge >= 0.3 is 12.3 Å². The molecule has 0 aliphatic rings. The molecule has 0 aliphatic carbocycles. The lowest BCUT2D eigenvalue weighted by molar-refractivity contribution is -0.274. The Morgan fingerprint density at radius 3 is 2.24 bits per heavy atom. The van der Waals surface area contributed by atoms with Crippen molar-refractivity contribution >= 4 is 34.3 Å². The zero-order valence-corrected chi connectivity index (χ0v) is 23.3. The highest BCUT2D eigenvalue weighted by Gasteiger charge is 2.32. The van der Waals surface area contributed by atoms with Crippen LogP contribution in [0.5, 0.6) is 17.2 Å². The fourth-order valence-corrected chi connectivity index (χ4v) is 4.72. The van der Waals surface area contributed by atoms with Gasteiger partial charge in [-0.1, -0.05) is 31.5 Å². The number of hydrogen-bond donors (Lipinski definition) is 1. The summed E-state index contributed by atoms with van der Waals surface area (Å²) < 4.78 is 55.8. The van der Waals surface area contributed by atoms with Crippen molar-refractivity contribution in [2.24, 2.45) is 5.92 Å². The van der Waals surface area contributed by atoms with Crippen LogP contribution in [0, 0.1) is 12.8 Å². The number of rotatable bonds is 10. The molecule has 0 radical (unpaired) electrons. The molecule has 1 heterocycles. The summed E-state index contributed by atoms with van der Waals surface area (Å²) >= 11 is 6.29. The summed E-state index contributed by atoms with van der Waals surface area (Å²) in [5.41, 5.74) is 2.15. The van der Waals surface area contributed by atoms with Crippen molar-refractivity contribution < 1.29 is 42.1 Å². The SMILES string of the molecule is COc1ccc(C(=O)c2c(C)n(Cc3ccc(Cl)c(OC(C(=O)O)C(C)C)c3)c3cc(OC(F)(F)F)ccc23)cc1. The largest absolute Gasteiger partial charge is 0.573 e. The number of ether oxygens (including phenoxy) is 3. The molecular weight excluding hydrogens is 563 g/mol. The molecule has 0 saturated carbocycles. The lowest BCUT2D eigenvalue weighted by Gasteiger charge is -2.20. The van der Waals surface area contributed by atoms with Gasteiger partial charge in [0.1, 0.15) is 17.2 Å². The van der Waals surface area contributed by atoms with E-state index < -0.39 is 24.2 Å². The molecule has 1 aromatic heterocycles. The zero-order valence-electron chi connectivity index (χ0n) is 22.6. The highest BCUT2D eigenvalue weighted by molar-refractivity contribution is 6.32. The Morgan fingerprint density at radius 1 is 1.00 bits per heavy atom. The van der Waals surface area contributed by atoms with Crippen molar-refractivity contribution in [3.05, 3.63) is 88.1 Å². The van der Waals surface area contributed by atoms with E-state index in [1.54, 1.807) is 67.8 Å². The Hall–Kier alpha value is -4.18. The van der Waals surface area contributed by atoms with Crippen LogP contribution in [0.3, 0.4) is 0 Å². The lowest BCUT2D eigenvalue weighted by atomic mass is 10.0. The van der Waals surface area contributed by atoms with E-state index in [2.05, 4.69) is 4.74 Å². The number of fused-ring (bicyclic) bond motifs is 1. The third-order valence-corrected chi connectivity index (χ3v) is 6.86. The van der Waals surface area contributed by atoms with E-state index in [1.165, 1.54) is 19.2 Å². The molecule has 1 unspecified atom stereocenters. The number of carboxylic acid groups (broad SMARTS) is 1. The number of halogens is 4. The predicted molar refractivity (Wildman–Crippen MR) is 147 cm³/mol. The summed E-state index contributed by atoms with van der Waals surface area (Å²) in [6.45, 7) is 5.22. The van der Waals surface area contributed by atoms with Crippen molar-refractivity contribution in [3.63, 3.8) is 0 Å². The maximum absolute atomic E-state index is 13.6. The van der Waals surface area contributed by atoms with Crippen molar-refractivity contribution in [2.45, 2.75) is 39.8 Å². The molecule has 4 aromatic rings. The Bertz CT molecular complexity index is 1590. The van der Waals surface area contributed by atoms with E-state index in [-0.39, 0.29) is 29.0 Å². The quantitative estimate of drug-likeness (QED) is 0.196. The van der Waals surface area contributed by atoms with Gasteiger partial charge in [0.2, 0.25) is 0 Å². The number of aliphatic carboxylic acids is 1. The maximum atomic E-state index is 13.6. The monoisotopic (exact) mass is 589 g/mol. The first-order chi connectivity index (χ1) is 19.3. The number of benzene rings is 3. The minimum atomic E-state index is -4.90. The van der Waals surface area contributed by atoms with Crippen LogP contribution >= 0.6 is 11.6 Å². The normalized spacial score (nSPS) is 12.4. The fourth-order valence-electron chi connectivity index (χ4n) is 4.56. The number of carbonyl (C=O) groups excluding carboxylic acids is 1. The van der Waals surface area contributed by atoms with Crippen molar-refractivity contribution in [3.8, 4) is 17.2 Å². The minimum absolute atomic E-state index is 0.112. The second-order valence-electron chi connectivity index (χ2n) is 9.72. The Kier molecular flexibility index (Phi) is 8.53. The van der Waals surface area contributed by atoms with Crippen LogP contribution in [0.15, 0.2) is 60.7 Å². The van der Waals surface area contributed by atoms with Crippen LogP contribution in [0.1, 0.15) is 41.0 Å². The molecule has 0 aliphatic heterocycles. The molecular formula is C30H27ClF3NO6. The average molecular weight is 590 g/mol. The molecule has 0 spiro atoms. The van der Waals surface area contributed by atoms with E-state index in [4.69, 9.17) is 21.1 Å². The number of aromatic nitrogens is 1. The van der Waals surface area contributed by atoms with Gasteiger partial charge in [-0.3, -0.25) is 4.79 Å². The van der Waals surface area contributed by atoms with Gasteiger partial charge in [-0.2, -0.15) is 0 Å². The van der Waals surface area contributed by atoms with Gasteiger partial charge in [0.15, 0.2) is 11.9 Å². The molecule has 0 fully saturated rings. The van der Waals surface area contributed by atoms with Gasteiger partial charge < -0.3 is 23.9 Å². The second-order valence-corrected chi connectivity index (χ2v) is 10.1. The Morgan fingerprint density at radius 2 is 1.66 bits per heavy atom. The fraction of sp³-hybridized carbons (Fsp3) is 0.267. The van der Waals surface area contributed by atoms with Gasteiger partial charge in [-0.15, -0.1) is 13.2 Å². The molecule has 41 heavy (non-hydrogen) atoms. The first-order valence-corrected chi connectivity index (χ1v) is 12.9. The number of hydrogen-bond acceptors (Lipinski definition) is 5. The van der Waals surface area contributed by atoms with Gasteiger partial charge in [0, 0.05) is 35.2 Å². The molecule has 4 rings (SSSR count). The van der Waals surface area contributed by atoms with Gasteiger partial charge in [0.25, 0.3) is 0 Å².